The zero-order valence-corrected chi connectivity index (χ0v) is 14.5. The molecule has 8 heteroatoms. The van der Waals surface area contributed by atoms with Crippen molar-refractivity contribution in [3.63, 3.8) is 0 Å². The lowest BCUT2D eigenvalue weighted by Crippen LogP contribution is -2.31. The van der Waals surface area contributed by atoms with Crippen LogP contribution in [0, 0.1) is 6.92 Å². The molecule has 26 heavy (non-hydrogen) atoms. The molecule has 3 N–H and O–H groups in total. The molecule has 0 saturated heterocycles. The molecule has 0 saturated carbocycles. The molecule has 8 nitrogen and oxygen atoms in total. The number of aliphatic carboxylic acids is 1. The van der Waals surface area contributed by atoms with Crippen LogP contribution in [0.15, 0.2) is 36.5 Å². The fourth-order valence-electron chi connectivity index (χ4n) is 2.49. The molecule has 3 aromatic rings. The molecule has 0 aliphatic rings. The number of benzene rings is 1. The van der Waals surface area contributed by atoms with Crippen LogP contribution in [0.1, 0.15) is 12.1 Å². The molecule has 1 atom stereocenters. The van der Waals surface area contributed by atoms with Crippen LogP contribution in [0.3, 0.4) is 0 Å². The van der Waals surface area contributed by atoms with Crippen LogP contribution in [0.5, 0.6) is 11.5 Å². The van der Waals surface area contributed by atoms with E-state index in [0.717, 1.165) is 11.1 Å². The van der Waals surface area contributed by atoms with E-state index in [1.807, 2.05) is 37.4 Å². The number of methoxy groups -OCH3 is 1. The standard InChI is InChI=1S/C18H20N4O4/c1-11-5-7-22(21-11)17-10-16(26-8-6-14(19)18(23)24)13-4-3-12(25-2)9-15(13)20-17/h3-5,7,9-10,14H,6,8,19H2,1-2H3,(H,23,24). The highest BCUT2D eigenvalue weighted by Crippen LogP contribution is 2.29. The van der Waals surface area contributed by atoms with E-state index >= 15 is 0 Å². The minimum atomic E-state index is -1.05. The molecule has 1 unspecified atom stereocenters. The summed E-state index contributed by atoms with van der Waals surface area (Å²) in [6, 6.07) is 8.17. The number of hydrogen-bond donors (Lipinski definition) is 2. The summed E-state index contributed by atoms with van der Waals surface area (Å²) in [5, 5.41) is 14.1. The van der Waals surface area contributed by atoms with Gasteiger partial charge in [-0.2, -0.15) is 5.10 Å². The van der Waals surface area contributed by atoms with Gasteiger partial charge in [-0.25, -0.2) is 9.67 Å². The predicted octanol–water partition coefficient (Wildman–Crippen LogP) is 1.92. The fourth-order valence-corrected chi connectivity index (χ4v) is 2.49. The molecule has 2 aromatic heterocycles. The van der Waals surface area contributed by atoms with Gasteiger partial charge in [0.1, 0.15) is 17.5 Å². The Bertz CT molecular complexity index is 938. The maximum Gasteiger partial charge on any atom is 0.320 e. The SMILES string of the molecule is COc1ccc2c(OCCC(N)C(=O)O)cc(-n3ccc(C)n3)nc2c1. The summed E-state index contributed by atoms with van der Waals surface area (Å²) in [5.41, 5.74) is 7.09. The molecule has 0 aliphatic carbocycles. The summed E-state index contributed by atoms with van der Waals surface area (Å²) < 4.78 is 12.7. The maximum atomic E-state index is 10.8. The molecule has 2 heterocycles. The zero-order valence-electron chi connectivity index (χ0n) is 14.5. The third-order valence-electron chi connectivity index (χ3n) is 3.93. The lowest BCUT2D eigenvalue weighted by atomic mass is 10.2. The number of carboxylic acids is 1. The van der Waals surface area contributed by atoms with Gasteiger partial charge in [-0.3, -0.25) is 4.79 Å². The van der Waals surface area contributed by atoms with Gasteiger partial charge in [-0.15, -0.1) is 0 Å². The Morgan fingerprint density at radius 3 is 2.81 bits per heavy atom. The van der Waals surface area contributed by atoms with Crippen molar-refractivity contribution in [3.05, 3.63) is 42.2 Å². The topological polar surface area (TPSA) is 112 Å². The van der Waals surface area contributed by atoms with Crippen LogP contribution in [-0.2, 0) is 4.79 Å². The van der Waals surface area contributed by atoms with Crippen molar-refractivity contribution in [2.75, 3.05) is 13.7 Å². The van der Waals surface area contributed by atoms with Crippen LogP contribution in [0.4, 0.5) is 0 Å². The van der Waals surface area contributed by atoms with Gasteiger partial charge in [0.25, 0.3) is 0 Å². The van der Waals surface area contributed by atoms with E-state index < -0.39 is 12.0 Å². The normalized spacial score (nSPS) is 12.1. The second-order valence-corrected chi connectivity index (χ2v) is 5.85. The molecule has 0 amide bonds. The number of hydrogen-bond acceptors (Lipinski definition) is 6. The molecule has 0 aliphatic heterocycles. The van der Waals surface area contributed by atoms with Crippen LogP contribution >= 0.6 is 0 Å². The summed E-state index contributed by atoms with van der Waals surface area (Å²) in [4.78, 5) is 15.5. The van der Waals surface area contributed by atoms with E-state index in [9.17, 15) is 4.79 Å². The van der Waals surface area contributed by atoms with Gasteiger partial charge in [-0.1, -0.05) is 0 Å². The second kappa shape index (κ2) is 7.40. The maximum absolute atomic E-state index is 10.8. The number of aryl methyl sites for hydroxylation is 1. The first-order valence-corrected chi connectivity index (χ1v) is 8.10. The van der Waals surface area contributed by atoms with Crippen molar-refractivity contribution < 1.29 is 19.4 Å². The van der Waals surface area contributed by atoms with Crippen molar-refractivity contribution >= 4 is 16.9 Å². The molecular weight excluding hydrogens is 336 g/mol. The molecule has 0 radical (unpaired) electrons. The summed E-state index contributed by atoms with van der Waals surface area (Å²) in [6.07, 6.45) is 2.01. The van der Waals surface area contributed by atoms with Gasteiger partial charge in [0.2, 0.25) is 0 Å². The molecule has 0 spiro atoms. The third-order valence-corrected chi connectivity index (χ3v) is 3.93. The van der Waals surface area contributed by atoms with Crippen molar-refractivity contribution in [2.45, 2.75) is 19.4 Å². The van der Waals surface area contributed by atoms with E-state index in [-0.39, 0.29) is 13.0 Å². The predicted molar refractivity (Wildman–Crippen MR) is 95.9 cm³/mol. The van der Waals surface area contributed by atoms with Crippen LogP contribution in [0.2, 0.25) is 0 Å². The highest BCUT2D eigenvalue weighted by atomic mass is 16.5. The average Bonchev–Trinajstić information content (AvgIpc) is 3.07. The van der Waals surface area contributed by atoms with E-state index in [0.29, 0.717) is 22.8 Å². The number of fused-ring (bicyclic) bond motifs is 1. The monoisotopic (exact) mass is 356 g/mol. The number of nitrogens with zero attached hydrogens (tertiary/aromatic N) is 3. The van der Waals surface area contributed by atoms with E-state index in [4.69, 9.17) is 20.3 Å². The molecule has 3 rings (SSSR count). The Labute approximate surface area is 150 Å². The Hall–Kier alpha value is -3.13. The van der Waals surface area contributed by atoms with Crippen molar-refractivity contribution in [1.82, 2.24) is 14.8 Å². The summed E-state index contributed by atoms with van der Waals surface area (Å²) >= 11 is 0. The van der Waals surface area contributed by atoms with E-state index in [1.165, 1.54) is 0 Å². The van der Waals surface area contributed by atoms with Gasteiger partial charge in [0.05, 0.1) is 24.9 Å². The first kappa shape index (κ1) is 17.7. The number of rotatable bonds is 7. The van der Waals surface area contributed by atoms with Crippen molar-refractivity contribution in [3.8, 4) is 17.3 Å². The summed E-state index contributed by atoms with van der Waals surface area (Å²) in [6.45, 7) is 2.07. The van der Waals surface area contributed by atoms with Crippen LogP contribution < -0.4 is 15.2 Å². The fraction of sp³-hybridized carbons (Fsp3) is 0.278. The highest BCUT2D eigenvalue weighted by molar-refractivity contribution is 5.87. The average molecular weight is 356 g/mol. The van der Waals surface area contributed by atoms with E-state index in [2.05, 4.69) is 10.1 Å². The van der Waals surface area contributed by atoms with Crippen LogP contribution in [-0.4, -0.2) is 45.6 Å². The van der Waals surface area contributed by atoms with Gasteiger partial charge >= 0.3 is 5.97 Å². The molecular formula is C18H20N4O4. The molecule has 0 fully saturated rings. The zero-order chi connectivity index (χ0) is 18.7. The molecule has 1 aromatic carbocycles. The second-order valence-electron chi connectivity index (χ2n) is 5.85. The minimum Gasteiger partial charge on any atom is -0.497 e. The molecule has 0 bridgehead atoms. The Morgan fingerprint density at radius 1 is 1.35 bits per heavy atom. The van der Waals surface area contributed by atoms with Gasteiger partial charge in [0, 0.05) is 30.1 Å². The Kier molecular flexibility index (Phi) is 5.04. The minimum absolute atomic E-state index is 0.177. The first-order chi connectivity index (χ1) is 12.5. The smallest absolute Gasteiger partial charge is 0.320 e. The quantitative estimate of drug-likeness (QED) is 0.665. The van der Waals surface area contributed by atoms with Gasteiger partial charge in [0.15, 0.2) is 5.82 Å². The number of nitrogens with two attached hydrogens (primary N) is 1. The lowest BCUT2D eigenvalue weighted by molar-refractivity contribution is -0.138. The Morgan fingerprint density at radius 2 is 2.15 bits per heavy atom. The van der Waals surface area contributed by atoms with Crippen LogP contribution in [0.25, 0.3) is 16.7 Å². The molecule has 136 valence electrons. The van der Waals surface area contributed by atoms with E-state index in [1.54, 1.807) is 17.9 Å². The number of carboxylic acid groups (broad SMARTS) is 1. The van der Waals surface area contributed by atoms with Crippen molar-refractivity contribution in [2.24, 2.45) is 5.73 Å². The summed E-state index contributed by atoms with van der Waals surface area (Å²) in [7, 11) is 1.59. The first-order valence-electron chi connectivity index (χ1n) is 8.10. The number of carbonyl (C=O) groups is 1. The highest BCUT2D eigenvalue weighted by Gasteiger charge is 2.14. The largest absolute Gasteiger partial charge is 0.497 e. The van der Waals surface area contributed by atoms with Crippen molar-refractivity contribution in [1.29, 1.82) is 0 Å². The summed E-state index contributed by atoms with van der Waals surface area (Å²) in [5.74, 6) is 0.804. The lowest BCUT2D eigenvalue weighted by Gasteiger charge is -2.13. The van der Waals surface area contributed by atoms with Gasteiger partial charge in [-0.05, 0) is 25.1 Å². The number of ether oxygens (including phenoxy) is 2. The van der Waals surface area contributed by atoms with Gasteiger partial charge < -0.3 is 20.3 Å². The number of aromatic nitrogens is 3. The third kappa shape index (κ3) is 3.75. The Balaban J connectivity index is 1.97. The number of pyridine rings is 1.